The molecule has 0 fully saturated rings. The molecule has 1 rings (SSSR count). The van der Waals surface area contributed by atoms with Crippen molar-refractivity contribution in [3.8, 4) is 0 Å². The standard InChI is InChI=1S/C17H28N2O2/c1-5-11-18-13-15-8-6-14(7-9-15)10-12-19-16(20)21-17(2,3)4/h6-9,18H,5,10-13H2,1-4H3,(H,19,20). The highest BCUT2D eigenvalue weighted by molar-refractivity contribution is 5.67. The molecule has 0 saturated carbocycles. The van der Waals surface area contributed by atoms with Gasteiger partial charge in [-0.15, -0.1) is 0 Å². The Labute approximate surface area is 128 Å². The van der Waals surface area contributed by atoms with Gasteiger partial charge in [-0.05, 0) is 51.3 Å². The average Bonchev–Trinajstić information content (AvgIpc) is 2.39. The third kappa shape index (κ3) is 8.35. The van der Waals surface area contributed by atoms with Crippen molar-refractivity contribution in [2.45, 2.75) is 52.7 Å². The summed E-state index contributed by atoms with van der Waals surface area (Å²) in [5.41, 5.74) is 2.05. The minimum atomic E-state index is -0.447. The molecule has 118 valence electrons. The summed E-state index contributed by atoms with van der Waals surface area (Å²) in [6.07, 6.45) is 1.60. The van der Waals surface area contributed by atoms with Crippen molar-refractivity contribution >= 4 is 6.09 Å². The molecule has 0 aliphatic heterocycles. The fourth-order valence-corrected chi connectivity index (χ4v) is 1.86. The number of nitrogens with one attached hydrogen (secondary N) is 2. The molecule has 0 aliphatic rings. The first-order valence-corrected chi connectivity index (χ1v) is 7.66. The van der Waals surface area contributed by atoms with E-state index in [1.807, 2.05) is 20.8 Å². The molecular formula is C17H28N2O2. The normalized spacial score (nSPS) is 11.2. The Morgan fingerprint density at radius 1 is 1.10 bits per heavy atom. The van der Waals surface area contributed by atoms with Crippen LogP contribution in [0.3, 0.4) is 0 Å². The number of rotatable bonds is 7. The average molecular weight is 292 g/mol. The predicted molar refractivity (Wildman–Crippen MR) is 86.4 cm³/mol. The molecule has 1 amide bonds. The highest BCUT2D eigenvalue weighted by Crippen LogP contribution is 2.07. The highest BCUT2D eigenvalue weighted by Gasteiger charge is 2.15. The Morgan fingerprint density at radius 2 is 1.71 bits per heavy atom. The van der Waals surface area contributed by atoms with Crippen LogP contribution >= 0.6 is 0 Å². The first-order valence-electron chi connectivity index (χ1n) is 7.66. The molecule has 0 unspecified atom stereocenters. The van der Waals surface area contributed by atoms with Crippen LogP contribution < -0.4 is 10.6 Å². The summed E-state index contributed by atoms with van der Waals surface area (Å²) in [6, 6.07) is 8.48. The van der Waals surface area contributed by atoms with Gasteiger partial charge in [0.25, 0.3) is 0 Å². The second-order valence-electron chi connectivity index (χ2n) is 6.17. The van der Waals surface area contributed by atoms with Crippen LogP contribution in [0.4, 0.5) is 4.79 Å². The maximum atomic E-state index is 11.5. The van der Waals surface area contributed by atoms with Crippen molar-refractivity contribution in [3.05, 3.63) is 35.4 Å². The van der Waals surface area contributed by atoms with Gasteiger partial charge in [-0.25, -0.2) is 4.79 Å². The Kier molecular flexibility index (Phi) is 7.23. The number of hydrogen-bond donors (Lipinski definition) is 2. The quantitative estimate of drug-likeness (QED) is 0.758. The molecule has 4 heteroatoms. The zero-order valence-corrected chi connectivity index (χ0v) is 13.7. The molecule has 0 aliphatic carbocycles. The Balaban J connectivity index is 2.28. The molecule has 21 heavy (non-hydrogen) atoms. The molecule has 0 heterocycles. The summed E-state index contributed by atoms with van der Waals surface area (Å²) in [4.78, 5) is 11.5. The number of ether oxygens (including phenoxy) is 1. The lowest BCUT2D eigenvalue weighted by molar-refractivity contribution is 0.0528. The predicted octanol–water partition coefficient (Wildman–Crippen LogP) is 3.25. The van der Waals surface area contributed by atoms with Gasteiger partial charge in [0.1, 0.15) is 5.60 Å². The van der Waals surface area contributed by atoms with Gasteiger partial charge in [-0.2, -0.15) is 0 Å². The number of hydrogen-bond acceptors (Lipinski definition) is 3. The fourth-order valence-electron chi connectivity index (χ4n) is 1.86. The Morgan fingerprint density at radius 3 is 2.29 bits per heavy atom. The van der Waals surface area contributed by atoms with E-state index in [0.29, 0.717) is 6.54 Å². The van der Waals surface area contributed by atoms with E-state index in [1.165, 1.54) is 11.1 Å². The van der Waals surface area contributed by atoms with Gasteiger partial charge in [0, 0.05) is 13.1 Å². The van der Waals surface area contributed by atoms with Crippen LogP contribution in [0.25, 0.3) is 0 Å². The third-order valence-electron chi connectivity index (χ3n) is 2.86. The zero-order chi connectivity index (χ0) is 15.7. The summed E-state index contributed by atoms with van der Waals surface area (Å²) < 4.78 is 5.19. The molecule has 0 radical (unpaired) electrons. The van der Waals surface area contributed by atoms with Crippen LogP contribution in [0.1, 0.15) is 45.2 Å². The first-order chi connectivity index (χ1) is 9.90. The van der Waals surface area contributed by atoms with Gasteiger partial charge in [0.05, 0.1) is 0 Å². The van der Waals surface area contributed by atoms with Crippen LogP contribution in [0, 0.1) is 0 Å². The van der Waals surface area contributed by atoms with Gasteiger partial charge < -0.3 is 15.4 Å². The van der Waals surface area contributed by atoms with Gasteiger partial charge in [0.2, 0.25) is 0 Å². The number of amides is 1. The van der Waals surface area contributed by atoms with Crippen molar-refractivity contribution in [2.24, 2.45) is 0 Å². The van der Waals surface area contributed by atoms with Crippen molar-refractivity contribution in [3.63, 3.8) is 0 Å². The van der Waals surface area contributed by atoms with Crippen molar-refractivity contribution in [1.29, 1.82) is 0 Å². The Bertz CT molecular complexity index is 421. The van der Waals surface area contributed by atoms with E-state index in [4.69, 9.17) is 4.74 Å². The topological polar surface area (TPSA) is 50.4 Å². The molecule has 0 saturated heterocycles. The van der Waals surface area contributed by atoms with E-state index in [0.717, 1.165) is 25.9 Å². The second-order valence-corrected chi connectivity index (χ2v) is 6.17. The highest BCUT2D eigenvalue weighted by atomic mass is 16.6. The minimum absolute atomic E-state index is 0.358. The first kappa shape index (κ1) is 17.5. The molecule has 1 aromatic rings. The molecule has 0 bridgehead atoms. The van der Waals surface area contributed by atoms with E-state index in [2.05, 4.69) is 41.8 Å². The van der Waals surface area contributed by atoms with Crippen LogP contribution in [-0.2, 0) is 17.7 Å². The van der Waals surface area contributed by atoms with Crippen molar-refractivity contribution < 1.29 is 9.53 Å². The van der Waals surface area contributed by atoms with E-state index in [-0.39, 0.29) is 6.09 Å². The maximum absolute atomic E-state index is 11.5. The van der Waals surface area contributed by atoms with Gasteiger partial charge in [0.15, 0.2) is 0 Å². The van der Waals surface area contributed by atoms with Gasteiger partial charge >= 0.3 is 6.09 Å². The number of alkyl carbamates (subject to hydrolysis) is 1. The number of benzene rings is 1. The van der Waals surface area contributed by atoms with Gasteiger partial charge in [-0.1, -0.05) is 31.2 Å². The van der Waals surface area contributed by atoms with Crippen LogP contribution in [-0.4, -0.2) is 24.8 Å². The largest absolute Gasteiger partial charge is 0.444 e. The minimum Gasteiger partial charge on any atom is -0.444 e. The van der Waals surface area contributed by atoms with Crippen molar-refractivity contribution in [2.75, 3.05) is 13.1 Å². The summed E-state index contributed by atoms with van der Waals surface area (Å²) in [5.74, 6) is 0. The second kappa shape index (κ2) is 8.67. The summed E-state index contributed by atoms with van der Waals surface area (Å²) >= 11 is 0. The van der Waals surface area contributed by atoms with Crippen LogP contribution in [0.15, 0.2) is 24.3 Å². The molecular weight excluding hydrogens is 264 g/mol. The molecule has 2 N–H and O–H groups in total. The van der Waals surface area contributed by atoms with E-state index in [9.17, 15) is 4.79 Å². The summed E-state index contributed by atoms with van der Waals surface area (Å²) in [7, 11) is 0. The number of carbonyl (C=O) groups excluding carboxylic acids is 1. The SMILES string of the molecule is CCCNCc1ccc(CCNC(=O)OC(C)(C)C)cc1. The lowest BCUT2D eigenvalue weighted by Crippen LogP contribution is -2.33. The van der Waals surface area contributed by atoms with Crippen molar-refractivity contribution in [1.82, 2.24) is 10.6 Å². The Hall–Kier alpha value is -1.55. The monoisotopic (exact) mass is 292 g/mol. The third-order valence-corrected chi connectivity index (χ3v) is 2.86. The van der Waals surface area contributed by atoms with E-state index in [1.54, 1.807) is 0 Å². The molecule has 1 aromatic carbocycles. The molecule has 0 aromatic heterocycles. The number of carbonyl (C=O) groups is 1. The summed E-state index contributed by atoms with van der Waals surface area (Å²) in [6.45, 7) is 10.3. The van der Waals surface area contributed by atoms with Gasteiger partial charge in [-0.3, -0.25) is 0 Å². The lowest BCUT2D eigenvalue weighted by atomic mass is 10.1. The molecule has 0 spiro atoms. The van der Waals surface area contributed by atoms with E-state index >= 15 is 0 Å². The fraction of sp³-hybridized carbons (Fsp3) is 0.588. The van der Waals surface area contributed by atoms with Crippen LogP contribution in [0.2, 0.25) is 0 Å². The molecule has 0 atom stereocenters. The molecule has 4 nitrogen and oxygen atoms in total. The smallest absolute Gasteiger partial charge is 0.407 e. The zero-order valence-electron chi connectivity index (χ0n) is 13.7. The maximum Gasteiger partial charge on any atom is 0.407 e. The summed E-state index contributed by atoms with van der Waals surface area (Å²) in [5, 5.41) is 6.15. The van der Waals surface area contributed by atoms with E-state index < -0.39 is 5.60 Å². The lowest BCUT2D eigenvalue weighted by Gasteiger charge is -2.19. The van der Waals surface area contributed by atoms with Crippen LogP contribution in [0.5, 0.6) is 0 Å².